The van der Waals surface area contributed by atoms with Gasteiger partial charge in [-0.2, -0.15) is 0 Å². The van der Waals surface area contributed by atoms with Crippen LogP contribution in [-0.4, -0.2) is 5.91 Å². The molecule has 26 heavy (non-hydrogen) atoms. The number of nitrogens with one attached hydrogen (secondary N) is 1. The Morgan fingerprint density at radius 2 is 1.62 bits per heavy atom. The smallest absolute Gasteiger partial charge is 0.256 e. The van der Waals surface area contributed by atoms with Gasteiger partial charge in [0.05, 0.1) is 11.8 Å². The van der Waals surface area contributed by atoms with E-state index in [2.05, 4.69) is 31.3 Å². The molecule has 2 aromatic carbocycles. The zero-order valence-corrected chi connectivity index (χ0v) is 15.2. The number of rotatable bonds is 6. The lowest BCUT2D eigenvalue weighted by Crippen LogP contribution is -2.16. The zero-order valence-electron chi connectivity index (χ0n) is 15.2. The Balaban J connectivity index is 2.00. The van der Waals surface area contributed by atoms with Gasteiger partial charge in [0, 0.05) is 5.69 Å². The van der Waals surface area contributed by atoms with Crippen LogP contribution in [0.4, 0.5) is 5.69 Å². The molecule has 3 heteroatoms. The highest BCUT2D eigenvalue weighted by Crippen LogP contribution is 2.26. The van der Waals surface area contributed by atoms with Crippen LogP contribution in [-0.2, 0) is 17.6 Å². The van der Waals surface area contributed by atoms with Crippen molar-refractivity contribution in [3.63, 3.8) is 0 Å². The third-order valence-electron chi connectivity index (χ3n) is 4.40. The van der Waals surface area contributed by atoms with Crippen molar-refractivity contribution in [2.45, 2.75) is 26.7 Å². The van der Waals surface area contributed by atoms with E-state index in [1.54, 1.807) is 12.3 Å². The van der Waals surface area contributed by atoms with Gasteiger partial charge >= 0.3 is 0 Å². The van der Waals surface area contributed by atoms with Crippen LogP contribution in [0, 0.1) is 0 Å². The Morgan fingerprint density at radius 1 is 0.923 bits per heavy atom. The third kappa shape index (κ3) is 3.94. The van der Waals surface area contributed by atoms with Gasteiger partial charge < -0.3 is 9.73 Å². The Bertz CT molecular complexity index is 871. The fraction of sp³-hybridized carbons (Fsp3) is 0.174. The average molecular weight is 345 g/mol. The summed E-state index contributed by atoms with van der Waals surface area (Å²) >= 11 is 0. The summed E-state index contributed by atoms with van der Waals surface area (Å²) in [6, 6.07) is 19.5. The first-order valence-corrected chi connectivity index (χ1v) is 8.95. The van der Waals surface area contributed by atoms with Gasteiger partial charge in [0.2, 0.25) is 0 Å². The molecule has 1 aromatic heterocycles. The molecule has 0 aliphatic rings. The Hall–Kier alpha value is -3.07. The van der Waals surface area contributed by atoms with E-state index in [9.17, 15) is 4.79 Å². The molecular formula is C23H23NO2. The molecule has 1 heterocycles. The van der Waals surface area contributed by atoms with Crippen molar-refractivity contribution in [3.8, 4) is 0 Å². The fourth-order valence-electron chi connectivity index (χ4n) is 3.00. The van der Waals surface area contributed by atoms with Gasteiger partial charge in [-0.05, 0) is 47.7 Å². The van der Waals surface area contributed by atoms with Crippen LogP contribution in [0.25, 0.3) is 11.6 Å². The van der Waals surface area contributed by atoms with E-state index in [1.165, 1.54) is 0 Å². The molecule has 1 N–H and O–H groups in total. The molecule has 0 aliphatic heterocycles. The maximum absolute atomic E-state index is 13.2. The number of furan rings is 1. The molecule has 0 fully saturated rings. The molecule has 3 aromatic rings. The number of carbonyl (C=O) groups is 1. The van der Waals surface area contributed by atoms with Crippen molar-refractivity contribution in [1.29, 1.82) is 0 Å². The van der Waals surface area contributed by atoms with Crippen molar-refractivity contribution in [2.75, 3.05) is 5.32 Å². The molecule has 0 saturated carbocycles. The Kier molecular flexibility index (Phi) is 5.69. The van der Waals surface area contributed by atoms with Crippen LogP contribution in [0.15, 0.2) is 71.3 Å². The molecule has 3 nitrogen and oxygen atoms in total. The standard InChI is InChI=1S/C23H23NO2/c1-3-17-12-8-13-18(4-2)22(17)24-23(25)21(16-20-14-9-15-26-20)19-10-6-5-7-11-19/h5-16H,3-4H2,1-2H3,(H,24,25)/b21-16+. The van der Waals surface area contributed by atoms with Crippen LogP contribution in [0.5, 0.6) is 0 Å². The van der Waals surface area contributed by atoms with Crippen molar-refractivity contribution in [3.05, 3.63) is 89.4 Å². The summed E-state index contributed by atoms with van der Waals surface area (Å²) in [5, 5.41) is 3.14. The number of carbonyl (C=O) groups excluding carboxylic acids is 1. The van der Waals surface area contributed by atoms with Gasteiger partial charge in [-0.15, -0.1) is 0 Å². The summed E-state index contributed by atoms with van der Waals surface area (Å²) in [4.78, 5) is 13.2. The first-order valence-electron chi connectivity index (χ1n) is 8.95. The van der Waals surface area contributed by atoms with E-state index in [1.807, 2.05) is 48.5 Å². The van der Waals surface area contributed by atoms with Gasteiger partial charge in [-0.1, -0.05) is 62.4 Å². The molecule has 0 spiro atoms. The maximum Gasteiger partial charge on any atom is 0.256 e. The minimum absolute atomic E-state index is 0.136. The molecule has 0 saturated heterocycles. The number of anilines is 1. The summed E-state index contributed by atoms with van der Waals surface area (Å²) in [6.07, 6.45) is 5.12. The maximum atomic E-state index is 13.2. The summed E-state index contributed by atoms with van der Waals surface area (Å²) in [6.45, 7) is 4.20. The molecule has 0 unspecified atom stereocenters. The van der Waals surface area contributed by atoms with E-state index < -0.39 is 0 Å². The van der Waals surface area contributed by atoms with Crippen molar-refractivity contribution < 1.29 is 9.21 Å². The van der Waals surface area contributed by atoms with Crippen molar-refractivity contribution in [1.82, 2.24) is 0 Å². The predicted octanol–water partition coefficient (Wildman–Crippen LogP) is 5.58. The van der Waals surface area contributed by atoms with E-state index in [-0.39, 0.29) is 5.91 Å². The quantitative estimate of drug-likeness (QED) is 0.592. The summed E-state index contributed by atoms with van der Waals surface area (Å²) < 4.78 is 5.42. The highest BCUT2D eigenvalue weighted by atomic mass is 16.3. The van der Waals surface area contributed by atoms with Crippen LogP contribution in [0.2, 0.25) is 0 Å². The highest BCUT2D eigenvalue weighted by Gasteiger charge is 2.16. The van der Waals surface area contributed by atoms with E-state index in [0.29, 0.717) is 11.3 Å². The molecule has 1 amide bonds. The average Bonchev–Trinajstić information content (AvgIpc) is 3.20. The predicted molar refractivity (Wildman–Crippen MR) is 107 cm³/mol. The number of hydrogen-bond donors (Lipinski definition) is 1. The fourth-order valence-corrected chi connectivity index (χ4v) is 3.00. The second-order valence-electron chi connectivity index (χ2n) is 6.05. The van der Waals surface area contributed by atoms with Gasteiger partial charge in [0.1, 0.15) is 5.76 Å². The molecule has 132 valence electrons. The summed E-state index contributed by atoms with van der Waals surface area (Å²) in [7, 11) is 0. The minimum atomic E-state index is -0.136. The highest BCUT2D eigenvalue weighted by molar-refractivity contribution is 6.29. The van der Waals surface area contributed by atoms with Gasteiger partial charge in [0.15, 0.2) is 0 Å². The Labute approximate surface area is 154 Å². The van der Waals surface area contributed by atoms with Crippen LogP contribution in [0.3, 0.4) is 0 Å². The first-order chi connectivity index (χ1) is 12.7. The molecule has 0 bridgehead atoms. The molecule has 0 atom stereocenters. The number of hydrogen-bond acceptors (Lipinski definition) is 2. The summed E-state index contributed by atoms with van der Waals surface area (Å²) in [5.74, 6) is 0.515. The lowest BCUT2D eigenvalue weighted by atomic mass is 10.0. The van der Waals surface area contributed by atoms with Crippen molar-refractivity contribution >= 4 is 23.2 Å². The van der Waals surface area contributed by atoms with Crippen LogP contribution in [0.1, 0.15) is 36.3 Å². The van der Waals surface area contributed by atoms with Crippen LogP contribution < -0.4 is 5.32 Å². The first kappa shape index (κ1) is 17.7. The van der Waals surface area contributed by atoms with Gasteiger partial charge in [-0.3, -0.25) is 4.79 Å². The normalized spacial score (nSPS) is 11.4. The monoisotopic (exact) mass is 345 g/mol. The second-order valence-corrected chi connectivity index (χ2v) is 6.05. The lowest BCUT2D eigenvalue weighted by Gasteiger charge is -2.16. The van der Waals surface area contributed by atoms with Gasteiger partial charge in [-0.25, -0.2) is 0 Å². The molecule has 3 rings (SSSR count). The minimum Gasteiger partial charge on any atom is -0.465 e. The summed E-state index contributed by atoms with van der Waals surface area (Å²) in [5.41, 5.74) is 4.64. The van der Waals surface area contributed by atoms with E-state index in [4.69, 9.17) is 4.42 Å². The lowest BCUT2D eigenvalue weighted by molar-refractivity contribution is -0.111. The largest absolute Gasteiger partial charge is 0.465 e. The zero-order chi connectivity index (χ0) is 18.4. The van der Waals surface area contributed by atoms with Gasteiger partial charge in [0.25, 0.3) is 5.91 Å². The molecule has 0 aliphatic carbocycles. The molecular weight excluding hydrogens is 322 g/mol. The van der Waals surface area contributed by atoms with Crippen LogP contribution >= 0.6 is 0 Å². The van der Waals surface area contributed by atoms with E-state index in [0.717, 1.165) is 35.2 Å². The van der Waals surface area contributed by atoms with Crippen molar-refractivity contribution in [2.24, 2.45) is 0 Å². The third-order valence-corrected chi connectivity index (χ3v) is 4.40. The number of amides is 1. The number of benzene rings is 2. The topological polar surface area (TPSA) is 42.2 Å². The Morgan fingerprint density at radius 3 is 2.19 bits per heavy atom. The second kappa shape index (κ2) is 8.34. The number of aryl methyl sites for hydroxylation is 2. The SMILES string of the molecule is CCc1cccc(CC)c1NC(=O)/C(=C/c1ccco1)c1ccccc1. The number of para-hydroxylation sites is 1. The molecule has 0 radical (unpaired) electrons. The van der Waals surface area contributed by atoms with E-state index >= 15 is 0 Å².